The van der Waals surface area contributed by atoms with Gasteiger partial charge in [0.15, 0.2) is 0 Å². The maximum absolute atomic E-state index is 9.94. The van der Waals surface area contributed by atoms with E-state index in [9.17, 15) is 9.59 Å². The largest absolute Gasteiger partial charge is 0.234 e. The molecule has 10 heteroatoms. The molecular weight excluding hydrogens is 445 g/mol. The van der Waals surface area contributed by atoms with Crippen molar-refractivity contribution in [2.45, 2.75) is 23.3 Å². The molecule has 1 saturated heterocycles. The van der Waals surface area contributed by atoms with Crippen molar-refractivity contribution in [3.8, 4) is 0 Å². The van der Waals surface area contributed by atoms with Gasteiger partial charge in [-0.15, -0.1) is 23.5 Å². The minimum atomic E-state index is 0.594. The van der Waals surface area contributed by atoms with Crippen LogP contribution in [0.15, 0.2) is 9.98 Å². The molecule has 2 atom stereocenters. The standard InChI is InChI=1S/C16H26N2O2S6/c19-11-17-3-7-23-13-21-5-1-15-9-26-16(10-25-15)2-6-22-14-24-8-4-18-12-20/h15-16H,1-10,13-14H2. The summed E-state index contributed by atoms with van der Waals surface area (Å²) in [4.78, 5) is 27.0. The smallest absolute Gasteiger partial charge is 0.211 e. The first kappa shape index (κ1) is 24.9. The van der Waals surface area contributed by atoms with Crippen LogP contribution in [0.4, 0.5) is 0 Å². The Labute approximate surface area is 182 Å². The average molecular weight is 471 g/mol. The Morgan fingerprint density at radius 2 is 1.15 bits per heavy atom. The molecule has 26 heavy (non-hydrogen) atoms. The highest BCUT2D eigenvalue weighted by Crippen LogP contribution is 2.34. The molecule has 4 nitrogen and oxygen atoms in total. The predicted octanol–water partition coefficient (Wildman–Crippen LogP) is 4.50. The number of nitrogens with zero attached hydrogens (tertiary/aromatic N) is 2. The van der Waals surface area contributed by atoms with E-state index < -0.39 is 0 Å². The van der Waals surface area contributed by atoms with Crippen molar-refractivity contribution in [1.82, 2.24) is 0 Å². The molecule has 0 bridgehead atoms. The number of aliphatic imine (C=N–C) groups is 2. The second kappa shape index (κ2) is 19.2. The molecule has 0 spiro atoms. The summed E-state index contributed by atoms with van der Waals surface area (Å²) < 4.78 is 0. The summed E-state index contributed by atoms with van der Waals surface area (Å²) in [5.74, 6) is 6.88. The summed E-state index contributed by atoms with van der Waals surface area (Å²) in [6.45, 7) is 1.19. The third kappa shape index (κ3) is 14.9. The van der Waals surface area contributed by atoms with Gasteiger partial charge in [0.05, 0.1) is 13.1 Å². The lowest BCUT2D eigenvalue weighted by Crippen LogP contribution is -2.22. The minimum Gasteiger partial charge on any atom is -0.211 e. The van der Waals surface area contributed by atoms with E-state index in [-0.39, 0.29) is 0 Å². The minimum absolute atomic E-state index is 0.594. The Hall–Kier alpha value is 0.860. The first-order valence-corrected chi connectivity index (χ1v) is 15.2. The first-order valence-electron chi connectivity index (χ1n) is 8.48. The molecule has 1 rings (SSSR count). The van der Waals surface area contributed by atoms with E-state index in [4.69, 9.17) is 0 Å². The number of isocyanates is 2. The molecule has 0 aliphatic carbocycles. The molecule has 0 amide bonds. The van der Waals surface area contributed by atoms with E-state index in [0.717, 1.165) is 32.2 Å². The van der Waals surface area contributed by atoms with E-state index in [2.05, 4.69) is 33.5 Å². The van der Waals surface area contributed by atoms with Crippen LogP contribution in [0, 0.1) is 0 Å². The van der Waals surface area contributed by atoms with Crippen molar-refractivity contribution < 1.29 is 9.59 Å². The summed E-state index contributed by atoms with van der Waals surface area (Å²) in [5.41, 5.74) is 0. The van der Waals surface area contributed by atoms with Crippen LogP contribution in [0.2, 0.25) is 0 Å². The van der Waals surface area contributed by atoms with Gasteiger partial charge in [-0.05, 0) is 24.3 Å². The average Bonchev–Trinajstić information content (AvgIpc) is 2.67. The van der Waals surface area contributed by atoms with E-state index in [1.807, 2.05) is 47.0 Å². The molecule has 0 aromatic heterocycles. The number of hydrogen-bond donors (Lipinski definition) is 0. The Morgan fingerprint density at radius 3 is 1.54 bits per heavy atom. The molecule has 0 N–H and O–H groups in total. The Balaban J connectivity index is 1.87. The maximum atomic E-state index is 9.94. The third-order valence-electron chi connectivity index (χ3n) is 3.36. The summed E-state index contributed by atoms with van der Waals surface area (Å²) >= 11 is 12.0. The molecule has 2 unspecified atom stereocenters. The Kier molecular flexibility index (Phi) is 18.4. The van der Waals surface area contributed by atoms with Crippen molar-refractivity contribution >= 4 is 82.7 Å². The zero-order valence-electron chi connectivity index (χ0n) is 14.8. The monoisotopic (exact) mass is 470 g/mol. The van der Waals surface area contributed by atoms with E-state index in [0.29, 0.717) is 13.1 Å². The summed E-state index contributed by atoms with van der Waals surface area (Å²) in [6.07, 6.45) is 5.76. The molecule has 0 radical (unpaired) electrons. The number of hydrogen-bond acceptors (Lipinski definition) is 10. The van der Waals surface area contributed by atoms with Gasteiger partial charge in [-0.3, -0.25) is 0 Å². The fraction of sp³-hybridized carbons (Fsp3) is 0.875. The van der Waals surface area contributed by atoms with Crippen LogP contribution in [0.5, 0.6) is 0 Å². The van der Waals surface area contributed by atoms with E-state index in [1.165, 1.54) is 35.9 Å². The molecule has 148 valence electrons. The van der Waals surface area contributed by atoms with Gasteiger partial charge in [0.2, 0.25) is 12.2 Å². The molecular formula is C16H26N2O2S6. The quantitative estimate of drug-likeness (QED) is 0.141. The second-order valence-corrected chi connectivity index (χ2v) is 13.1. The summed E-state index contributed by atoms with van der Waals surface area (Å²) in [6, 6.07) is 0. The second-order valence-electron chi connectivity index (χ2n) is 5.30. The van der Waals surface area contributed by atoms with Crippen LogP contribution < -0.4 is 0 Å². The predicted molar refractivity (Wildman–Crippen MR) is 127 cm³/mol. The van der Waals surface area contributed by atoms with Gasteiger partial charge in [-0.2, -0.15) is 47.0 Å². The van der Waals surface area contributed by atoms with Gasteiger partial charge < -0.3 is 0 Å². The van der Waals surface area contributed by atoms with E-state index >= 15 is 0 Å². The highest BCUT2D eigenvalue weighted by Gasteiger charge is 2.21. The van der Waals surface area contributed by atoms with Gasteiger partial charge in [0.1, 0.15) is 0 Å². The summed E-state index contributed by atoms with van der Waals surface area (Å²) in [5, 5.41) is 3.82. The van der Waals surface area contributed by atoms with Crippen molar-refractivity contribution in [1.29, 1.82) is 0 Å². The zero-order chi connectivity index (χ0) is 18.7. The lowest BCUT2D eigenvalue weighted by Gasteiger charge is -2.27. The molecule has 0 aromatic rings. The lowest BCUT2D eigenvalue weighted by molar-refractivity contribution is 0.562. The molecule has 1 heterocycles. The lowest BCUT2D eigenvalue weighted by atomic mass is 10.3. The molecule has 1 fully saturated rings. The zero-order valence-corrected chi connectivity index (χ0v) is 19.7. The third-order valence-corrected chi connectivity index (χ3v) is 11.4. The fourth-order valence-corrected chi connectivity index (χ4v) is 9.60. The Bertz CT molecular complexity index is 396. The Morgan fingerprint density at radius 1 is 0.731 bits per heavy atom. The van der Waals surface area contributed by atoms with Gasteiger partial charge in [-0.25, -0.2) is 19.6 Å². The van der Waals surface area contributed by atoms with Crippen LogP contribution in [-0.2, 0) is 9.59 Å². The van der Waals surface area contributed by atoms with Crippen molar-refractivity contribution in [3.63, 3.8) is 0 Å². The normalized spacial score (nSPS) is 19.5. The van der Waals surface area contributed by atoms with Gasteiger partial charge in [-0.1, -0.05) is 0 Å². The van der Waals surface area contributed by atoms with Gasteiger partial charge in [0.25, 0.3) is 0 Å². The molecule has 1 aliphatic rings. The van der Waals surface area contributed by atoms with Crippen molar-refractivity contribution in [2.75, 3.05) is 57.8 Å². The van der Waals surface area contributed by atoms with Crippen molar-refractivity contribution in [3.05, 3.63) is 0 Å². The highest BCUT2D eigenvalue weighted by atomic mass is 32.2. The topological polar surface area (TPSA) is 58.9 Å². The fourth-order valence-electron chi connectivity index (χ4n) is 2.01. The van der Waals surface area contributed by atoms with Gasteiger partial charge >= 0.3 is 0 Å². The van der Waals surface area contributed by atoms with Crippen molar-refractivity contribution in [2.24, 2.45) is 9.98 Å². The van der Waals surface area contributed by atoms with Crippen LogP contribution in [0.25, 0.3) is 0 Å². The van der Waals surface area contributed by atoms with Crippen LogP contribution in [0.1, 0.15) is 12.8 Å². The maximum Gasteiger partial charge on any atom is 0.234 e. The number of carbonyl (C=O) groups excluding carboxylic acids is 2. The highest BCUT2D eigenvalue weighted by molar-refractivity contribution is 8.16. The number of rotatable bonds is 16. The van der Waals surface area contributed by atoms with Crippen LogP contribution >= 0.6 is 70.6 Å². The SMILES string of the molecule is O=C=NCCSCSCCC1CSC(CCSCSCCN=C=O)CS1. The molecule has 0 aromatic carbocycles. The number of thioether (sulfide) groups is 6. The molecule has 1 aliphatic heterocycles. The first-order chi connectivity index (χ1) is 12.9. The van der Waals surface area contributed by atoms with Crippen LogP contribution in [0.3, 0.4) is 0 Å². The summed E-state index contributed by atoms with van der Waals surface area (Å²) in [7, 11) is 0. The van der Waals surface area contributed by atoms with Crippen LogP contribution in [-0.4, -0.2) is 80.4 Å². The van der Waals surface area contributed by atoms with Gasteiger partial charge in [0, 0.05) is 43.7 Å². The molecule has 0 saturated carbocycles. The van der Waals surface area contributed by atoms with E-state index in [1.54, 1.807) is 12.2 Å².